The Morgan fingerprint density at radius 1 is 1.22 bits per heavy atom. The molecule has 0 saturated heterocycles. The highest BCUT2D eigenvalue weighted by Gasteiger charge is 2.47. The van der Waals surface area contributed by atoms with Gasteiger partial charge in [0.25, 0.3) is 5.91 Å². The van der Waals surface area contributed by atoms with Gasteiger partial charge in [-0.1, -0.05) is 36.4 Å². The molecule has 1 atom stereocenters. The number of hydrogen-bond acceptors (Lipinski definition) is 4. The number of benzene rings is 2. The van der Waals surface area contributed by atoms with Crippen LogP contribution in [-0.2, 0) is 23.3 Å². The first kappa shape index (κ1) is 19.1. The molecular formula is C22H25NO4. The van der Waals surface area contributed by atoms with Crippen LogP contribution in [0.3, 0.4) is 0 Å². The first-order valence-corrected chi connectivity index (χ1v) is 8.96. The largest absolute Gasteiger partial charge is 0.467 e. The number of aryl methyl sites for hydroxylation is 1. The molecule has 0 radical (unpaired) electrons. The van der Waals surface area contributed by atoms with Gasteiger partial charge in [0.2, 0.25) is 0 Å². The third kappa shape index (κ3) is 3.48. The van der Waals surface area contributed by atoms with Gasteiger partial charge in [0.05, 0.1) is 5.56 Å². The molecule has 0 saturated carbocycles. The van der Waals surface area contributed by atoms with Crippen molar-refractivity contribution >= 4 is 5.91 Å². The molecule has 1 amide bonds. The number of methoxy groups -OCH3 is 1. The minimum absolute atomic E-state index is 0.0885. The number of amides is 1. The zero-order chi connectivity index (χ0) is 19.4. The fourth-order valence-electron chi connectivity index (χ4n) is 3.59. The van der Waals surface area contributed by atoms with E-state index in [4.69, 9.17) is 9.47 Å². The molecule has 0 aliphatic carbocycles. The van der Waals surface area contributed by atoms with Gasteiger partial charge in [-0.05, 0) is 30.5 Å². The van der Waals surface area contributed by atoms with E-state index in [1.165, 1.54) is 4.90 Å². The minimum Gasteiger partial charge on any atom is -0.467 e. The molecule has 1 aliphatic heterocycles. The molecule has 5 heteroatoms. The van der Waals surface area contributed by atoms with Crippen molar-refractivity contribution < 1.29 is 19.4 Å². The Morgan fingerprint density at radius 3 is 2.63 bits per heavy atom. The molecule has 2 aromatic rings. The molecule has 2 aromatic carbocycles. The molecule has 5 nitrogen and oxygen atoms in total. The summed E-state index contributed by atoms with van der Waals surface area (Å²) in [6.45, 7) is 3.87. The van der Waals surface area contributed by atoms with E-state index in [9.17, 15) is 9.90 Å². The molecule has 0 aromatic heterocycles. The molecule has 0 fully saturated rings. The number of ether oxygens (including phenoxy) is 2. The number of nitrogens with zero attached hydrogens (tertiary/aromatic N) is 1. The Labute approximate surface area is 159 Å². The van der Waals surface area contributed by atoms with E-state index >= 15 is 0 Å². The number of hydrogen-bond donors (Lipinski definition) is 1. The SMILES string of the molecule is C=CCc1c(OCOC)ccc2c1C(=O)N(C)C2(O)CCc1ccccc1. The molecule has 0 spiro atoms. The van der Waals surface area contributed by atoms with Crippen LogP contribution in [0.5, 0.6) is 5.75 Å². The Balaban J connectivity index is 1.99. The molecule has 27 heavy (non-hydrogen) atoms. The van der Waals surface area contributed by atoms with Crippen LogP contribution < -0.4 is 4.74 Å². The zero-order valence-corrected chi connectivity index (χ0v) is 15.8. The van der Waals surface area contributed by atoms with Gasteiger partial charge in [0.1, 0.15) is 5.75 Å². The summed E-state index contributed by atoms with van der Waals surface area (Å²) in [5, 5.41) is 11.4. The molecule has 3 rings (SSSR count). The van der Waals surface area contributed by atoms with Crippen molar-refractivity contribution in [3.63, 3.8) is 0 Å². The number of carbonyl (C=O) groups is 1. The van der Waals surface area contributed by atoms with Crippen molar-refractivity contribution in [1.29, 1.82) is 0 Å². The number of allylic oxidation sites excluding steroid dienone is 1. The molecule has 1 heterocycles. The predicted molar refractivity (Wildman–Crippen MR) is 104 cm³/mol. The number of rotatable bonds is 8. The van der Waals surface area contributed by atoms with Crippen LogP contribution in [0.4, 0.5) is 0 Å². The maximum absolute atomic E-state index is 13.0. The molecule has 1 aliphatic rings. The molecule has 142 valence electrons. The van der Waals surface area contributed by atoms with Crippen molar-refractivity contribution in [3.8, 4) is 5.75 Å². The van der Waals surface area contributed by atoms with E-state index in [1.807, 2.05) is 30.3 Å². The number of carbonyl (C=O) groups excluding carboxylic acids is 1. The topological polar surface area (TPSA) is 59.0 Å². The summed E-state index contributed by atoms with van der Waals surface area (Å²) in [7, 11) is 3.18. The summed E-state index contributed by atoms with van der Waals surface area (Å²) in [6.07, 6.45) is 3.27. The Kier molecular flexibility index (Phi) is 5.63. The second kappa shape index (κ2) is 7.94. The minimum atomic E-state index is -1.35. The van der Waals surface area contributed by atoms with E-state index in [-0.39, 0.29) is 12.7 Å². The van der Waals surface area contributed by atoms with Gasteiger partial charge >= 0.3 is 0 Å². The lowest BCUT2D eigenvalue weighted by atomic mass is 9.91. The van der Waals surface area contributed by atoms with Crippen molar-refractivity contribution in [3.05, 3.63) is 77.4 Å². The fourth-order valence-corrected chi connectivity index (χ4v) is 3.59. The number of fused-ring (bicyclic) bond motifs is 1. The van der Waals surface area contributed by atoms with Crippen molar-refractivity contribution in [2.45, 2.75) is 25.0 Å². The van der Waals surface area contributed by atoms with Crippen LogP contribution in [0.2, 0.25) is 0 Å². The smallest absolute Gasteiger partial charge is 0.256 e. The zero-order valence-electron chi connectivity index (χ0n) is 15.8. The van der Waals surface area contributed by atoms with Gasteiger partial charge < -0.3 is 19.5 Å². The van der Waals surface area contributed by atoms with Gasteiger partial charge in [-0.25, -0.2) is 0 Å². The molecular weight excluding hydrogens is 342 g/mol. The summed E-state index contributed by atoms with van der Waals surface area (Å²) in [5.74, 6) is 0.366. The first-order chi connectivity index (χ1) is 13.0. The van der Waals surface area contributed by atoms with Crippen molar-refractivity contribution in [2.75, 3.05) is 21.0 Å². The second-order valence-electron chi connectivity index (χ2n) is 6.67. The second-order valence-corrected chi connectivity index (χ2v) is 6.67. The Hall–Kier alpha value is -2.63. The normalized spacial score (nSPS) is 18.5. The van der Waals surface area contributed by atoms with Crippen LogP contribution in [0.25, 0.3) is 0 Å². The average Bonchev–Trinajstić information content (AvgIpc) is 2.88. The van der Waals surface area contributed by atoms with E-state index in [0.29, 0.717) is 36.1 Å². The van der Waals surface area contributed by atoms with Crippen LogP contribution in [-0.4, -0.2) is 36.9 Å². The van der Waals surface area contributed by atoms with Crippen molar-refractivity contribution in [2.24, 2.45) is 0 Å². The highest BCUT2D eigenvalue weighted by molar-refractivity contribution is 6.01. The average molecular weight is 367 g/mol. The van der Waals surface area contributed by atoms with Gasteiger partial charge in [-0.3, -0.25) is 4.79 Å². The lowest BCUT2D eigenvalue weighted by Crippen LogP contribution is -2.41. The first-order valence-electron chi connectivity index (χ1n) is 8.96. The summed E-state index contributed by atoms with van der Waals surface area (Å²) < 4.78 is 10.6. The van der Waals surface area contributed by atoms with Crippen molar-refractivity contribution in [1.82, 2.24) is 4.90 Å². The number of aliphatic hydroxyl groups is 1. The van der Waals surface area contributed by atoms with Crippen LogP contribution in [0.1, 0.15) is 33.5 Å². The van der Waals surface area contributed by atoms with E-state index in [0.717, 1.165) is 11.1 Å². The van der Waals surface area contributed by atoms with E-state index in [2.05, 4.69) is 6.58 Å². The fraction of sp³-hybridized carbons (Fsp3) is 0.318. The van der Waals surface area contributed by atoms with Crippen LogP contribution >= 0.6 is 0 Å². The van der Waals surface area contributed by atoms with E-state index in [1.54, 1.807) is 32.4 Å². The lowest BCUT2D eigenvalue weighted by molar-refractivity contribution is -0.0781. The Bertz CT molecular complexity index is 834. The predicted octanol–water partition coefficient (Wildman–Crippen LogP) is 3.26. The standard InChI is InChI=1S/C22H25NO4/c1-4-8-17-19(27-15-26-3)12-11-18-20(17)21(24)23(2)22(18,25)14-13-16-9-6-5-7-10-16/h4-7,9-12,25H,1,8,13-15H2,2-3H3. The van der Waals surface area contributed by atoms with Crippen LogP contribution in [0, 0.1) is 0 Å². The maximum Gasteiger partial charge on any atom is 0.256 e. The van der Waals surface area contributed by atoms with E-state index < -0.39 is 5.72 Å². The third-order valence-electron chi connectivity index (χ3n) is 5.06. The quantitative estimate of drug-likeness (QED) is 0.575. The highest BCUT2D eigenvalue weighted by atomic mass is 16.7. The van der Waals surface area contributed by atoms with Gasteiger partial charge in [0.15, 0.2) is 12.5 Å². The molecule has 1 N–H and O–H groups in total. The van der Waals surface area contributed by atoms with Gasteiger partial charge in [0, 0.05) is 31.7 Å². The van der Waals surface area contributed by atoms with Crippen LogP contribution in [0.15, 0.2) is 55.1 Å². The molecule has 0 bridgehead atoms. The van der Waals surface area contributed by atoms with Gasteiger partial charge in [-0.15, -0.1) is 6.58 Å². The van der Waals surface area contributed by atoms with Gasteiger partial charge in [-0.2, -0.15) is 0 Å². The summed E-state index contributed by atoms with van der Waals surface area (Å²) in [6, 6.07) is 13.5. The maximum atomic E-state index is 13.0. The monoisotopic (exact) mass is 367 g/mol. The summed E-state index contributed by atoms with van der Waals surface area (Å²) in [4.78, 5) is 14.4. The summed E-state index contributed by atoms with van der Waals surface area (Å²) in [5.41, 5.74) is 1.62. The highest BCUT2D eigenvalue weighted by Crippen LogP contribution is 2.43. The summed E-state index contributed by atoms with van der Waals surface area (Å²) >= 11 is 0. The molecule has 1 unspecified atom stereocenters. The lowest BCUT2D eigenvalue weighted by Gasteiger charge is -2.31. The third-order valence-corrected chi connectivity index (χ3v) is 5.06. The Morgan fingerprint density at radius 2 is 1.96 bits per heavy atom.